The molecule has 0 aromatic carbocycles. The van der Waals surface area contributed by atoms with E-state index >= 15 is 0 Å². The summed E-state index contributed by atoms with van der Waals surface area (Å²) < 4.78 is 0. The lowest BCUT2D eigenvalue weighted by Crippen LogP contribution is -2.30. The average Bonchev–Trinajstić information content (AvgIpc) is 1.89. The van der Waals surface area contributed by atoms with Crippen LogP contribution < -0.4 is 5.11 Å². The van der Waals surface area contributed by atoms with Crippen LogP contribution in [0.15, 0.2) is 0 Å². The molecule has 0 aliphatic carbocycles. The van der Waals surface area contributed by atoms with Gasteiger partial charge in [0.2, 0.25) is 0 Å². The van der Waals surface area contributed by atoms with Crippen LogP contribution >= 0.6 is 0 Å². The second kappa shape index (κ2) is 5.27. The third-order valence-electron chi connectivity index (χ3n) is 1.73. The first kappa shape index (κ1) is 9.47. The Morgan fingerprint density at radius 3 is 2.40 bits per heavy atom. The molecule has 2 heteroatoms. The van der Waals surface area contributed by atoms with Crippen molar-refractivity contribution in [2.24, 2.45) is 5.92 Å². The fourth-order valence-electron chi connectivity index (χ4n) is 0.939. The van der Waals surface area contributed by atoms with E-state index in [-0.39, 0.29) is 5.92 Å². The highest BCUT2D eigenvalue weighted by Crippen LogP contribution is 2.10. The van der Waals surface area contributed by atoms with Crippen LogP contribution in [0.2, 0.25) is 0 Å². The number of carboxylic acids is 1. The quantitative estimate of drug-likeness (QED) is 0.575. The molecule has 0 saturated heterocycles. The Morgan fingerprint density at radius 1 is 1.50 bits per heavy atom. The maximum Gasteiger partial charge on any atom is 0.0445 e. The Labute approximate surface area is 62.2 Å². The van der Waals surface area contributed by atoms with Gasteiger partial charge in [-0.3, -0.25) is 0 Å². The molecule has 0 aromatic heterocycles. The van der Waals surface area contributed by atoms with Crippen molar-refractivity contribution in [3.63, 3.8) is 0 Å². The van der Waals surface area contributed by atoms with E-state index in [0.717, 1.165) is 19.3 Å². The fourth-order valence-corrected chi connectivity index (χ4v) is 0.939. The minimum atomic E-state index is -0.893. The average molecular weight is 143 g/mol. The summed E-state index contributed by atoms with van der Waals surface area (Å²) in [6.45, 7) is 3.94. The van der Waals surface area contributed by atoms with Gasteiger partial charge in [0, 0.05) is 5.97 Å². The van der Waals surface area contributed by atoms with Gasteiger partial charge >= 0.3 is 0 Å². The number of hydrogen-bond acceptors (Lipinski definition) is 2. The van der Waals surface area contributed by atoms with Crippen molar-refractivity contribution >= 4 is 5.97 Å². The van der Waals surface area contributed by atoms with Gasteiger partial charge in [-0.2, -0.15) is 0 Å². The number of carboxylic acid groups (broad SMARTS) is 1. The summed E-state index contributed by atoms with van der Waals surface area (Å²) in [5, 5.41) is 10.3. The van der Waals surface area contributed by atoms with Crippen LogP contribution in [0.3, 0.4) is 0 Å². The molecule has 0 rings (SSSR count). The Balaban J connectivity index is 3.50. The number of unbranched alkanes of at least 4 members (excludes halogenated alkanes) is 1. The summed E-state index contributed by atoms with van der Waals surface area (Å²) in [5.41, 5.74) is 0. The van der Waals surface area contributed by atoms with Gasteiger partial charge in [-0.1, -0.05) is 26.7 Å². The van der Waals surface area contributed by atoms with Crippen LogP contribution in [0.5, 0.6) is 0 Å². The van der Waals surface area contributed by atoms with E-state index in [0.29, 0.717) is 6.42 Å². The smallest absolute Gasteiger partial charge is 0.0445 e. The minimum Gasteiger partial charge on any atom is -0.550 e. The van der Waals surface area contributed by atoms with E-state index in [1.54, 1.807) is 0 Å². The highest BCUT2D eigenvalue weighted by atomic mass is 16.4. The molecule has 0 bridgehead atoms. The molecule has 0 heterocycles. The van der Waals surface area contributed by atoms with Gasteiger partial charge in [0.05, 0.1) is 0 Å². The lowest BCUT2D eigenvalue weighted by molar-refractivity contribution is -0.311. The molecule has 0 aliphatic rings. The van der Waals surface area contributed by atoms with Crippen LogP contribution in [-0.4, -0.2) is 5.97 Å². The lowest BCUT2D eigenvalue weighted by atomic mass is 10.00. The maximum absolute atomic E-state index is 10.3. The van der Waals surface area contributed by atoms with Crippen LogP contribution in [0.1, 0.15) is 39.5 Å². The van der Waals surface area contributed by atoms with Gasteiger partial charge in [-0.25, -0.2) is 0 Å². The zero-order valence-corrected chi connectivity index (χ0v) is 6.72. The number of rotatable bonds is 5. The van der Waals surface area contributed by atoms with E-state index in [1.807, 2.05) is 6.92 Å². The van der Waals surface area contributed by atoms with Crippen molar-refractivity contribution in [2.75, 3.05) is 0 Å². The lowest BCUT2D eigenvalue weighted by Gasteiger charge is -2.14. The molecule has 0 N–H and O–H groups in total. The molecule has 10 heavy (non-hydrogen) atoms. The zero-order valence-electron chi connectivity index (χ0n) is 6.72. The number of carbonyl (C=O) groups excluding carboxylic acids is 1. The van der Waals surface area contributed by atoms with Crippen LogP contribution in [-0.2, 0) is 4.79 Å². The summed E-state index contributed by atoms with van der Waals surface area (Å²) >= 11 is 0. The Morgan fingerprint density at radius 2 is 2.10 bits per heavy atom. The van der Waals surface area contributed by atoms with E-state index in [2.05, 4.69) is 6.92 Å². The molecule has 0 radical (unpaired) electrons. The molecular weight excluding hydrogens is 128 g/mol. The van der Waals surface area contributed by atoms with Gasteiger partial charge in [0.1, 0.15) is 0 Å². The molecule has 0 unspecified atom stereocenters. The third-order valence-corrected chi connectivity index (χ3v) is 1.73. The largest absolute Gasteiger partial charge is 0.550 e. The normalized spacial score (nSPS) is 13.0. The van der Waals surface area contributed by atoms with Crippen LogP contribution in [0, 0.1) is 5.92 Å². The number of aliphatic carboxylic acids is 1. The fraction of sp³-hybridized carbons (Fsp3) is 0.875. The van der Waals surface area contributed by atoms with Crippen LogP contribution in [0.4, 0.5) is 0 Å². The highest BCUT2D eigenvalue weighted by Gasteiger charge is 2.04. The topological polar surface area (TPSA) is 40.1 Å². The summed E-state index contributed by atoms with van der Waals surface area (Å²) in [5.74, 6) is -1.11. The first-order chi connectivity index (χ1) is 4.72. The second-order valence-corrected chi connectivity index (χ2v) is 2.57. The number of carbonyl (C=O) groups is 1. The highest BCUT2D eigenvalue weighted by molar-refractivity contribution is 5.67. The Hall–Kier alpha value is -0.530. The van der Waals surface area contributed by atoms with Crippen LogP contribution in [0.25, 0.3) is 0 Å². The molecule has 0 aliphatic heterocycles. The van der Waals surface area contributed by atoms with E-state index in [9.17, 15) is 9.90 Å². The summed E-state index contributed by atoms with van der Waals surface area (Å²) in [7, 11) is 0. The monoisotopic (exact) mass is 143 g/mol. The van der Waals surface area contributed by atoms with Crippen molar-refractivity contribution in [1.29, 1.82) is 0 Å². The van der Waals surface area contributed by atoms with Crippen molar-refractivity contribution in [2.45, 2.75) is 39.5 Å². The summed E-state index contributed by atoms with van der Waals surface area (Å²) in [6.07, 6.45) is 3.52. The maximum atomic E-state index is 10.3. The van der Waals surface area contributed by atoms with E-state index in [1.165, 1.54) is 0 Å². The molecular formula is C8H15O2-. The van der Waals surface area contributed by atoms with Crippen molar-refractivity contribution < 1.29 is 9.90 Å². The molecule has 0 spiro atoms. The molecule has 60 valence electrons. The van der Waals surface area contributed by atoms with Gasteiger partial charge in [0.25, 0.3) is 0 Å². The van der Waals surface area contributed by atoms with E-state index < -0.39 is 5.97 Å². The van der Waals surface area contributed by atoms with Crippen molar-refractivity contribution in [3.8, 4) is 0 Å². The van der Waals surface area contributed by atoms with Gasteiger partial charge in [-0.05, 0) is 18.8 Å². The van der Waals surface area contributed by atoms with Gasteiger partial charge in [0.15, 0.2) is 0 Å². The Kier molecular flexibility index (Phi) is 4.99. The molecule has 0 fully saturated rings. The zero-order chi connectivity index (χ0) is 7.98. The van der Waals surface area contributed by atoms with Crippen molar-refractivity contribution in [1.82, 2.24) is 0 Å². The third kappa shape index (κ3) is 3.49. The number of hydrogen-bond donors (Lipinski definition) is 0. The van der Waals surface area contributed by atoms with Gasteiger partial charge < -0.3 is 9.90 Å². The standard InChI is InChI=1S/C8H16O2/c1-3-5-6-7(4-2)8(9)10/h7H,3-6H2,1-2H3,(H,9,10)/p-1/t7-/m1/s1. The molecule has 0 aromatic rings. The predicted octanol–water partition coefficient (Wildman–Crippen LogP) is 0.953. The minimum absolute atomic E-state index is 0.222. The summed E-state index contributed by atoms with van der Waals surface area (Å²) in [6, 6.07) is 0. The molecule has 2 nitrogen and oxygen atoms in total. The Bertz CT molecular complexity index is 99.4. The first-order valence-electron chi connectivity index (χ1n) is 3.93. The molecule has 0 saturated carbocycles. The SMILES string of the molecule is CCCC[C@@H](CC)C(=O)[O-]. The second-order valence-electron chi connectivity index (χ2n) is 2.57. The van der Waals surface area contributed by atoms with Crippen molar-refractivity contribution in [3.05, 3.63) is 0 Å². The van der Waals surface area contributed by atoms with Gasteiger partial charge in [-0.15, -0.1) is 0 Å². The predicted molar refractivity (Wildman–Crippen MR) is 38.3 cm³/mol. The summed E-state index contributed by atoms with van der Waals surface area (Å²) in [4.78, 5) is 10.3. The molecule has 1 atom stereocenters. The van der Waals surface area contributed by atoms with E-state index in [4.69, 9.17) is 0 Å². The molecule has 0 amide bonds. The first-order valence-corrected chi connectivity index (χ1v) is 3.93.